The van der Waals surface area contributed by atoms with Crippen molar-refractivity contribution in [2.75, 3.05) is 31.6 Å². The zero-order valence-electron chi connectivity index (χ0n) is 12.3. The maximum atomic E-state index is 5.38. The molecule has 3 rings (SSSR count). The van der Waals surface area contributed by atoms with E-state index in [0.717, 1.165) is 51.0 Å². The van der Waals surface area contributed by atoms with E-state index in [0.29, 0.717) is 0 Å². The summed E-state index contributed by atoms with van der Waals surface area (Å²) < 4.78 is 10.4. The van der Waals surface area contributed by atoms with E-state index in [1.54, 1.807) is 0 Å². The van der Waals surface area contributed by atoms with Crippen LogP contribution in [0.15, 0.2) is 34.9 Å². The molecular weight excluding hydrogens is 266 g/mol. The van der Waals surface area contributed by atoms with Crippen molar-refractivity contribution in [3.63, 3.8) is 0 Å². The van der Waals surface area contributed by atoms with Gasteiger partial charge in [0.1, 0.15) is 5.76 Å². The molecule has 1 aliphatic heterocycles. The Kier molecular flexibility index (Phi) is 4.52. The van der Waals surface area contributed by atoms with Crippen molar-refractivity contribution < 1.29 is 9.26 Å². The fraction of sp³-hybridized carbons (Fsp3) is 0.438. The second-order valence-electron chi connectivity index (χ2n) is 5.38. The molecule has 21 heavy (non-hydrogen) atoms. The molecule has 0 aliphatic carbocycles. The van der Waals surface area contributed by atoms with Gasteiger partial charge in [-0.1, -0.05) is 29.4 Å². The number of nitrogens with zero attached hydrogens (tertiary/aromatic N) is 2. The van der Waals surface area contributed by atoms with Gasteiger partial charge >= 0.3 is 0 Å². The fourth-order valence-corrected chi connectivity index (χ4v) is 2.50. The van der Waals surface area contributed by atoms with Crippen LogP contribution in [0.2, 0.25) is 0 Å². The Labute approximate surface area is 124 Å². The minimum atomic E-state index is 0.753. The quantitative estimate of drug-likeness (QED) is 0.915. The molecule has 5 nitrogen and oxygen atoms in total. The van der Waals surface area contributed by atoms with Crippen LogP contribution in [-0.2, 0) is 17.8 Å². The zero-order chi connectivity index (χ0) is 14.5. The third-order valence-electron chi connectivity index (χ3n) is 3.60. The standard InChI is InChI=1S/C16H21N3O2/c1-13-9-16(18-21-13)17-11-14-3-2-4-15(10-14)12-19-5-7-20-8-6-19/h2-4,9-10H,5-8,11-12H2,1H3,(H,17,18). The van der Waals surface area contributed by atoms with Gasteiger partial charge in [-0.3, -0.25) is 4.90 Å². The van der Waals surface area contributed by atoms with Gasteiger partial charge < -0.3 is 14.6 Å². The van der Waals surface area contributed by atoms with Crippen LogP contribution < -0.4 is 5.32 Å². The molecule has 0 unspecified atom stereocenters. The van der Waals surface area contributed by atoms with Crippen molar-refractivity contribution in [2.45, 2.75) is 20.0 Å². The number of anilines is 1. The van der Waals surface area contributed by atoms with E-state index in [-0.39, 0.29) is 0 Å². The lowest BCUT2D eigenvalue weighted by Crippen LogP contribution is -2.35. The lowest BCUT2D eigenvalue weighted by atomic mass is 10.1. The van der Waals surface area contributed by atoms with Crippen LogP contribution in [0.5, 0.6) is 0 Å². The topological polar surface area (TPSA) is 50.5 Å². The minimum Gasteiger partial charge on any atom is -0.379 e. The molecule has 2 heterocycles. The zero-order valence-corrected chi connectivity index (χ0v) is 12.3. The SMILES string of the molecule is Cc1cc(NCc2cccc(CN3CCOCC3)c2)no1. The second kappa shape index (κ2) is 6.74. The summed E-state index contributed by atoms with van der Waals surface area (Å²) in [5, 5.41) is 7.21. The number of benzene rings is 1. The predicted molar refractivity (Wildman–Crippen MR) is 81.1 cm³/mol. The monoisotopic (exact) mass is 287 g/mol. The Bertz CT molecular complexity index is 576. The number of nitrogens with one attached hydrogen (secondary N) is 1. The van der Waals surface area contributed by atoms with E-state index in [4.69, 9.17) is 9.26 Å². The van der Waals surface area contributed by atoms with Crippen LogP contribution >= 0.6 is 0 Å². The summed E-state index contributed by atoms with van der Waals surface area (Å²) in [7, 11) is 0. The van der Waals surface area contributed by atoms with Crippen molar-refractivity contribution in [2.24, 2.45) is 0 Å². The van der Waals surface area contributed by atoms with E-state index in [9.17, 15) is 0 Å². The average Bonchev–Trinajstić information content (AvgIpc) is 2.92. The van der Waals surface area contributed by atoms with E-state index in [2.05, 4.69) is 39.6 Å². The predicted octanol–water partition coefficient (Wildman–Crippen LogP) is 2.43. The Hall–Kier alpha value is -1.85. The van der Waals surface area contributed by atoms with Crippen molar-refractivity contribution in [3.05, 3.63) is 47.2 Å². The van der Waals surface area contributed by atoms with Crippen LogP contribution in [0, 0.1) is 6.92 Å². The second-order valence-corrected chi connectivity index (χ2v) is 5.38. The molecule has 1 aromatic carbocycles. The van der Waals surface area contributed by atoms with Gasteiger partial charge in [0.15, 0.2) is 5.82 Å². The maximum Gasteiger partial charge on any atom is 0.169 e. The minimum absolute atomic E-state index is 0.753. The molecule has 1 N–H and O–H groups in total. The molecule has 1 aromatic heterocycles. The highest BCUT2D eigenvalue weighted by molar-refractivity contribution is 5.35. The molecule has 1 aliphatic rings. The van der Waals surface area contributed by atoms with E-state index in [1.165, 1.54) is 11.1 Å². The van der Waals surface area contributed by atoms with Crippen LogP contribution in [0.4, 0.5) is 5.82 Å². The van der Waals surface area contributed by atoms with Crippen LogP contribution in [-0.4, -0.2) is 36.4 Å². The summed E-state index contributed by atoms with van der Waals surface area (Å²) >= 11 is 0. The molecule has 5 heteroatoms. The van der Waals surface area contributed by atoms with Crippen molar-refractivity contribution in [1.29, 1.82) is 0 Å². The molecule has 2 aromatic rings. The summed E-state index contributed by atoms with van der Waals surface area (Å²) in [6, 6.07) is 10.6. The third kappa shape index (κ3) is 4.06. The summed E-state index contributed by atoms with van der Waals surface area (Å²) in [4.78, 5) is 2.43. The fourth-order valence-electron chi connectivity index (χ4n) is 2.50. The number of aryl methyl sites for hydroxylation is 1. The molecule has 0 bridgehead atoms. The largest absolute Gasteiger partial charge is 0.379 e. The first-order valence-electron chi connectivity index (χ1n) is 7.35. The van der Waals surface area contributed by atoms with Crippen LogP contribution in [0.1, 0.15) is 16.9 Å². The molecule has 0 spiro atoms. The molecule has 1 fully saturated rings. The van der Waals surface area contributed by atoms with Gasteiger partial charge in [-0.25, -0.2) is 0 Å². The number of rotatable bonds is 5. The highest BCUT2D eigenvalue weighted by atomic mass is 16.5. The van der Waals surface area contributed by atoms with Gasteiger partial charge in [-0.2, -0.15) is 0 Å². The lowest BCUT2D eigenvalue weighted by molar-refractivity contribution is 0.0342. The van der Waals surface area contributed by atoms with E-state index < -0.39 is 0 Å². The normalized spacial score (nSPS) is 16.0. The van der Waals surface area contributed by atoms with E-state index >= 15 is 0 Å². The van der Waals surface area contributed by atoms with Crippen molar-refractivity contribution in [3.8, 4) is 0 Å². The lowest BCUT2D eigenvalue weighted by Gasteiger charge is -2.26. The third-order valence-corrected chi connectivity index (χ3v) is 3.60. The van der Waals surface area contributed by atoms with E-state index in [1.807, 2.05) is 13.0 Å². The molecule has 112 valence electrons. The first-order chi connectivity index (χ1) is 10.3. The number of aromatic nitrogens is 1. The van der Waals surface area contributed by atoms with Gasteiger partial charge in [0.05, 0.1) is 13.2 Å². The number of morpholine rings is 1. The first-order valence-corrected chi connectivity index (χ1v) is 7.35. The Morgan fingerprint density at radius 3 is 2.76 bits per heavy atom. The summed E-state index contributed by atoms with van der Waals surface area (Å²) in [5.41, 5.74) is 2.59. The summed E-state index contributed by atoms with van der Waals surface area (Å²) in [6.45, 7) is 7.34. The van der Waals surface area contributed by atoms with Gasteiger partial charge in [-0.15, -0.1) is 0 Å². The Morgan fingerprint density at radius 1 is 1.19 bits per heavy atom. The van der Waals surface area contributed by atoms with Gasteiger partial charge in [-0.05, 0) is 18.1 Å². The smallest absolute Gasteiger partial charge is 0.169 e. The molecule has 0 radical (unpaired) electrons. The number of hydrogen-bond donors (Lipinski definition) is 1. The van der Waals surface area contributed by atoms with Gasteiger partial charge in [0.2, 0.25) is 0 Å². The molecular formula is C16H21N3O2. The molecule has 0 atom stereocenters. The summed E-state index contributed by atoms with van der Waals surface area (Å²) in [5.74, 6) is 1.60. The van der Waals surface area contributed by atoms with Crippen molar-refractivity contribution in [1.82, 2.24) is 10.1 Å². The maximum absolute atomic E-state index is 5.38. The average molecular weight is 287 g/mol. The molecule has 1 saturated heterocycles. The summed E-state index contributed by atoms with van der Waals surface area (Å²) in [6.07, 6.45) is 0. The number of hydrogen-bond acceptors (Lipinski definition) is 5. The highest BCUT2D eigenvalue weighted by Gasteiger charge is 2.10. The number of ether oxygens (including phenoxy) is 1. The Morgan fingerprint density at radius 2 is 2.00 bits per heavy atom. The molecule has 0 amide bonds. The highest BCUT2D eigenvalue weighted by Crippen LogP contribution is 2.12. The first kappa shape index (κ1) is 14.1. The van der Waals surface area contributed by atoms with Crippen LogP contribution in [0.25, 0.3) is 0 Å². The van der Waals surface area contributed by atoms with Crippen LogP contribution in [0.3, 0.4) is 0 Å². The van der Waals surface area contributed by atoms with Gasteiger partial charge in [0, 0.05) is 32.2 Å². The van der Waals surface area contributed by atoms with Crippen molar-refractivity contribution >= 4 is 5.82 Å². The van der Waals surface area contributed by atoms with Gasteiger partial charge in [0.25, 0.3) is 0 Å². The Balaban J connectivity index is 1.57. The molecule has 0 saturated carbocycles.